The fourth-order valence-electron chi connectivity index (χ4n) is 2.81. The number of carboxylic acid groups (broad SMARTS) is 1. The molecule has 0 bridgehead atoms. The van der Waals surface area contributed by atoms with Gasteiger partial charge in [0.15, 0.2) is 0 Å². The Morgan fingerprint density at radius 3 is 2.57 bits per heavy atom. The molecule has 0 aromatic rings. The summed E-state index contributed by atoms with van der Waals surface area (Å²) in [6.45, 7) is 9.11. The zero-order valence-corrected chi connectivity index (χ0v) is 14.0. The molecule has 2 N–H and O–H groups in total. The van der Waals surface area contributed by atoms with E-state index in [0.717, 1.165) is 38.8 Å². The molecular weight excluding hydrogens is 268 g/mol. The van der Waals surface area contributed by atoms with E-state index in [1.807, 2.05) is 0 Å². The molecule has 1 fully saturated rings. The second kappa shape index (κ2) is 8.71. The topological polar surface area (TPSA) is 61.8 Å². The SMILES string of the molecule is CCCNC(CN(CCOC)C(C)CC)(C(=O)O)C1CC1. The van der Waals surface area contributed by atoms with Crippen LogP contribution in [0.15, 0.2) is 0 Å². The van der Waals surface area contributed by atoms with Gasteiger partial charge in [0.1, 0.15) is 5.54 Å². The Kier molecular flexibility index (Phi) is 7.63. The second-order valence-electron chi connectivity index (χ2n) is 6.20. The standard InChI is InChI=1S/C16H32N2O3/c1-5-9-17-16(15(19)20,14-7-8-14)12-18(10-11-21-4)13(3)6-2/h13-14,17H,5-12H2,1-4H3,(H,19,20). The van der Waals surface area contributed by atoms with Gasteiger partial charge in [-0.2, -0.15) is 0 Å². The summed E-state index contributed by atoms with van der Waals surface area (Å²) < 4.78 is 5.19. The number of carbonyl (C=O) groups is 1. The molecule has 2 atom stereocenters. The van der Waals surface area contributed by atoms with Crippen LogP contribution in [-0.4, -0.2) is 60.9 Å². The molecule has 0 saturated heterocycles. The van der Waals surface area contributed by atoms with Gasteiger partial charge in [-0.25, -0.2) is 0 Å². The molecule has 0 radical (unpaired) electrons. The van der Waals surface area contributed by atoms with E-state index in [4.69, 9.17) is 4.74 Å². The summed E-state index contributed by atoms with van der Waals surface area (Å²) in [7, 11) is 1.69. The maximum atomic E-state index is 12.0. The first-order valence-electron chi connectivity index (χ1n) is 8.23. The maximum absolute atomic E-state index is 12.0. The number of methoxy groups -OCH3 is 1. The summed E-state index contributed by atoms with van der Waals surface area (Å²) in [5, 5.41) is 13.2. The van der Waals surface area contributed by atoms with E-state index < -0.39 is 11.5 Å². The van der Waals surface area contributed by atoms with Crippen molar-refractivity contribution in [1.82, 2.24) is 10.2 Å². The van der Waals surface area contributed by atoms with Gasteiger partial charge in [0.2, 0.25) is 0 Å². The van der Waals surface area contributed by atoms with Crippen molar-refractivity contribution in [2.75, 3.05) is 33.4 Å². The lowest BCUT2D eigenvalue weighted by atomic mass is 9.91. The number of aliphatic carboxylic acids is 1. The molecule has 0 aliphatic heterocycles. The average molecular weight is 300 g/mol. The van der Waals surface area contributed by atoms with Crippen LogP contribution < -0.4 is 5.32 Å². The number of hydrogen-bond donors (Lipinski definition) is 2. The molecule has 5 nitrogen and oxygen atoms in total. The molecule has 0 spiro atoms. The van der Waals surface area contributed by atoms with Crippen molar-refractivity contribution in [2.45, 2.75) is 58.0 Å². The smallest absolute Gasteiger partial charge is 0.325 e. The highest BCUT2D eigenvalue weighted by atomic mass is 16.5. The van der Waals surface area contributed by atoms with Crippen molar-refractivity contribution in [2.24, 2.45) is 5.92 Å². The summed E-state index contributed by atoms with van der Waals surface area (Å²) in [5.74, 6) is -0.445. The van der Waals surface area contributed by atoms with Crippen LogP contribution in [0.5, 0.6) is 0 Å². The van der Waals surface area contributed by atoms with Gasteiger partial charge in [-0.15, -0.1) is 0 Å². The van der Waals surface area contributed by atoms with Crippen molar-refractivity contribution in [3.8, 4) is 0 Å². The van der Waals surface area contributed by atoms with Gasteiger partial charge in [-0.3, -0.25) is 9.69 Å². The van der Waals surface area contributed by atoms with Gasteiger partial charge in [0.05, 0.1) is 6.61 Å². The molecule has 1 aliphatic rings. The third-order valence-corrected chi connectivity index (χ3v) is 4.60. The number of hydrogen-bond acceptors (Lipinski definition) is 4. The van der Waals surface area contributed by atoms with Gasteiger partial charge < -0.3 is 15.2 Å². The lowest BCUT2D eigenvalue weighted by molar-refractivity contribution is -0.147. The molecule has 1 rings (SSSR count). The minimum Gasteiger partial charge on any atom is -0.480 e. The van der Waals surface area contributed by atoms with Crippen molar-refractivity contribution in [3.63, 3.8) is 0 Å². The largest absolute Gasteiger partial charge is 0.480 e. The molecule has 1 saturated carbocycles. The van der Waals surface area contributed by atoms with Crippen molar-refractivity contribution < 1.29 is 14.6 Å². The lowest BCUT2D eigenvalue weighted by Crippen LogP contribution is -2.62. The van der Waals surface area contributed by atoms with Gasteiger partial charge in [-0.05, 0) is 45.1 Å². The predicted molar refractivity (Wildman–Crippen MR) is 84.6 cm³/mol. The van der Waals surface area contributed by atoms with E-state index in [2.05, 4.69) is 31.0 Å². The van der Waals surface area contributed by atoms with Crippen LogP contribution in [0.3, 0.4) is 0 Å². The van der Waals surface area contributed by atoms with E-state index >= 15 is 0 Å². The molecule has 0 heterocycles. The van der Waals surface area contributed by atoms with Crippen molar-refractivity contribution in [1.29, 1.82) is 0 Å². The molecule has 5 heteroatoms. The summed E-state index contributed by atoms with van der Waals surface area (Å²) in [5.41, 5.74) is -0.798. The Morgan fingerprint density at radius 1 is 1.48 bits per heavy atom. The molecule has 2 unspecified atom stereocenters. The Bertz CT molecular complexity index is 321. The van der Waals surface area contributed by atoms with E-state index in [0.29, 0.717) is 19.2 Å². The van der Waals surface area contributed by atoms with Crippen molar-refractivity contribution in [3.05, 3.63) is 0 Å². The van der Waals surface area contributed by atoms with Gasteiger partial charge in [0.25, 0.3) is 0 Å². The number of nitrogens with one attached hydrogen (secondary N) is 1. The van der Waals surface area contributed by atoms with Crippen LogP contribution in [-0.2, 0) is 9.53 Å². The summed E-state index contributed by atoms with van der Waals surface area (Å²) in [6, 6.07) is 0.362. The van der Waals surface area contributed by atoms with Crippen LogP contribution in [0, 0.1) is 5.92 Å². The van der Waals surface area contributed by atoms with Crippen molar-refractivity contribution >= 4 is 5.97 Å². The first kappa shape index (κ1) is 18.4. The number of rotatable bonds is 12. The van der Waals surface area contributed by atoms with E-state index in [9.17, 15) is 9.90 Å². The molecule has 124 valence electrons. The monoisotopic (exact) mass is 300 g/mol. The quantitative estimate of drug-likeness (QED) is 0.577. The highest BCUT2D eigenvalue weighted by Crippen LogP contribution is 2.40. The normalized spacial score (nSPS) is 19.5. The number of carboxylic acids is 1. The summed E-state index contributed by atoms with van der Waals surface area (Å²) in [4.78, 5) is 14.3. The highest BCUT2D eigenvalue weighted by Gasteiger charge is 2.51. The van der Waals surface area contributed by atoms with E-state index in [-0.39, 0.29) is 5.92 Å². The molecule has 1 aliphatic carbocycles. The van der Waals surface area contributed by atoms with Crippen LogP contribution >= 0.6 is 0 Å². The average Bonchev–Trinajstić information content (AvgIpc) is 3.30. The third-order valence-electron chi connectivity index (χ3n) is 4.60. The molecule has 0 amide bonds. The van der Waals surface area contributed by atoms with Gasteiger partial charge in [-0.1, -0.05) is 13.8 Å². The van der Waals surface area contributed by atoms with E-state index in [1.165, 1.54) is 0 Å². The van der Waals surface area contributed by atoms with E-state index in [1.54, 1.807) is 7.11 Å². The third kappa shape index (κ3) is 4.94. The second-order valence-corrected chi connectivity index (χ2v) is 6.20. The predicted octanol–water partition coefficient (Wildman–Crippen LogP) is 1.97. The summed E-state index contributed by atoms with van der Waals surface area (Å²) >= 11 is 0. The zero-order chi connectivity index (χ0) is 15.9. The Morgan fingerprint density at radius 2 is 2.14 bits per heavy atom. The molecule has 21 heavy (non-hydrogen) atoms. The van der Waals surface area contributed by atoms with Crippen LogP contribution in [0.2, 0.25) is 0 Å². The Labute approximate surface area is 129 Å². The number of nitrogens with zero attached hydrogens (tertiary/aromatic N) is 1. The lowest BCUT2D eigenvalue weighted by Gasteiger charge is -2.39. The Balaban J connectivity index is 2.86. The van der Waals surface area contributed by atoms with Gasteiger partial charge in [0, 0.05) is 26.2 Å². The zero-order valence-electron chi connectivity index (χ0n) is 14.0. The fraction of sp³-hybridized carbons (Fsp3) is 0.938. The minimum absolute atomic E-state index is 0.260. The fourth-order valence-corrected chi connectivity index (χ4v) is 2.81. The minimum atomic E-state index is -0.798. The maximum Gasteiger partial charge on any atom is 0.325 e. The first-order chi connectivity index (χ1) is 10.0. The van der Waals surface area contributed by atoms with Crippen LogP contribution in [0.4, 0.5) is 0 Å². The number of ether oxygens (including phenoxy) is 1. The molecule has 0 aromatic carbocycles. The highest BCUT2D eigenvalue weighted by molar-refractivity contribution is 5.80. The van der Waals surface area contributed by atoms with Gasteiger partial charge >= 0.3 is 5.97 Å². The summed E-state index contributed by atoms with van der Waals surface area (Å²) in [6.07, 6.45) is 3.99. The molecular formula is C16H32N2O3. The van der Waals surface area contributed by atoms with Crippen LogP contribution in [0.1, 0.15) is 46.5 Å². The molecule has 0 aromatic heterocycles. The van der Waals surface area contributed by atoms with Crippen LogP contribution in [0.25, 0.3) is 0 Å². The Hall–Kier alpha value is -0.650. The first-order valence-corrected chi connectivity index (χ1v) is 8.23.